The van der Waals surface area contributed by atoms with E-state index in [1.165, 1.54) is 4.57 Å². The fourth-order valence-electron chi connectivity index (χ4n) is 3.60. The Morgan fingerprint density at radius 3 is 2.75 bits per heavy atom. The summed E-state index contributed by atoms with van der Waals surface area (Å²) < 4.78 is 20.9. The second kappa shape index (κ2) is 8.00. The zero-order chi connectivity index (χ0) is 23.2. The van der Waals surface area contributed by atoms with E-state index in [-0.39, 0.29) is 41.2 Å². The molecular weight excluding hydrogens is 425 g/mol. The molecule has 0 aromatic carbocycles. The van der Waals surface area contributed by atoms with E-state index >= 15 is 4.39 Å². The Morgan fingerprint density at radius 1 is 1.38 bits per heavy atom. The van der Waals surface area contributed by atoms with Gasteiger partial charge in [0.15, 0.2) is 17.3 Å². The predicted molar refractivity (Wildman–Crippen MR) is 109 cm³/mol. The highest BCUT2D eigenvalue weighted by molar-refractivity contribution is 5.92. The van der Waals surface area contributed by atoms with Crippen molar-refractivity contribution in [1.29, 1.82) is 0 Å². The van der Waals surface area contributed by atoms with Gasteiger partial charge in [-0.1, -0.05) is 5.16 Å². The summed E-state index contributed by atoms with van der Waals surface area (Å²) in [5.74, 6) is -2.51. The number of anilines is 1. The summed E-state index contributed by atoms with van der Waals surface area (Å²) in [6.45, 7) is 3.84. The molecule has 1 unspecified atom stereocenters. The van der Waals surface area contributed by atoms with Gasteiger partial charge in [0.25, 0.3) is 0 Å². The lowest BCUT2D eigenvalue weighted by molar-refractivity contribution is -0.122. The molecule has 4 N–H and O–H groups in total. The highest BCUT2D eigenvalue weighted by Crippen LogP contribution is 2.26. The SMILES string of the molecule is Cc1nonc1-n1cc(C(=O)O)c(=O)c2cc(F)c(N3CCC(NC(=O)[C@H](C)N)C3)nc21. The first kappa shape index (κ1) is 21.4. The molecule has 4 heterocycles. The van der Waals surface area contributed by atoms with Gasteiger partial charge in [-0.05, 0) is 31.5 Å². The van der Waals surface area contributed by atoms with Crippen molar-refractivity contribution in [1.82, 2.24) is 25.2 Å². The fourth-order valence-corrected chi connectivity index (χ4v) is 3.60. The van der Waals surface area contributed by atoms with Gasteiger partial charge in [0.1, 0.15) is 11.3 Å². The van der Waals surface area contributed by atoms with Crippen LogP contribution in [0.4, 0.5) is 10.2 Å². The standard InChI is InChI=1S/C19H20FN7O5/c1-8(21)18(29)22-10-3-4-26(6-10)17-13(20)5-11-14(28)12(19(30)31)7-27(16(11)23-17)15-9(2)24-32-25-15/h5,7-8,10H,3-4,6,21H2,1-2H3,(H,22,29)(H,30,31)/t8-,10?/m0/s1. The van der Waals surface area contributed by atoms with E-state index in [4.69, 9.17) is 10.4 Å². The molecule has 0 aliphatic carbocycles. The van der Waals surface area contributed by atoms with Crippen molar-refractivity contribution in [2.45, 2.75) is 32.4 Å². The molecule has 1 amide bonds. The molecule has 13 heteroatoms. The van der Waals surface area contributed by atoms with Gasteiger partial charge in [0.05, 0.1) is 11.4 Å². The van der Waals surface area contributed by atoms with Crippen LogP contribution in [-0.2, 0) is 4.79 Å². The van der Waals surface area contributed by atoms with Gasteiger partial charge in [-0.3, -0.25) is 14.2 Å². The predicted octanol–water partition coefficient (Wildman–Crippen LogP) is -0.0435. The normalized spacial score (nSPS) is 17.0. The number of amides is 1. The molecule has 0 bridgehead atoms. The van der Waals surface area contributed by atoms with Crippen molar-refractivity contribution in [3.63, 3.8) is 0 Å². The Bertz CT molecular complexity index is 1290. The molecule has 1 aliphatic rings. The summed E-state index contributed by atoms with van der Waals surface area (Å²) >= 11 is 0. The third-order valence-corrected chi connectivity index (χ3v) is 5.25. The van der Waals surface area contributed by atoms with Crippen LogP contribution in [0.2, 0.25) is 0 Å². The van der Waals surface area contributed by atoms with Crippen molar-refractivity contribution in [3.05, 3.63) is 39.6 Å². The molecule has 2 atom stereocenters. The summed E-state index contributed by atoms with van der Waals surface area (Å²) in [6, 6.07) is 0.0420. The molecule has 0 radical (unpaired) electrons. The smallest absolute Gasteiger partial charge is 0.341 e. The van der Waals surface area contributed by atoms with Crippen LogP contribution in [0.25, 0.3) is 16.9 Å². The number of hydrogen-bond donors (Lipinski definition) is 3. The number of nitrogens with two attached hydrogens (primary N) is 1. The fraction of sp³-hybridized carbons (Fsp3) is 0.368. The Balaban J connectivity index is 1.82. The first-order valence-electron chi connectivity index (χ1n) is 9.77. The second-order valence-electron chi connectivity index (χ2n) is 7.61. The van der Waals surface area contributed by atoms with Gasteiger partial charge in [0.2, 0.25) is 17.2 Å². The second-order valence-corrected chi connectivity index (χ2v) is 7.61. The van der Waals surface area contributed by atoms with Gasteiger partial charge in [0, 0.05) is 25.3 Å². The average Bonchev–Trinajstić information content (AvgIpc) is 3.37. The number of aromatic carboxylic acids is 1. The lowest BCUT2D eigenvalue weighted by atomic mass is 10.2. The van der Waals surface area contributed by atoms with E-state index in [0.29, 0.717) is 18.7 Å². The Hall–Kier alpha value is -3.87. The molecule has 3 aromatic heterocycles. The van der Waals surface area contributed by atoms with Crippen LogP contribution < -0.4 is 21.4 Å². The van der Waals surface area contributed by atoms with E-state index in [0.717, 1.165) is 12.3 Å². The maximum atomic E-state index is 15.0. The number of nitrogens with one attached hydrogen (secondary N) is 1. The average molecular weight is 445 g/mol. The highest BCUT2D eigenvalue weighted by Gasteiger charge is 2.29. The minimum atomic E-state index is -1.48. The number of carboxylic acids is 1. The molecule has 1 fully saturated rings. The van der Waals surface area contributed by atoms with Crippen LogP contribution in [0.1, 0.15) is 29.4 Å². The largest absolute Gasteiger partial charge is 0.477 e. The molecular formula is C19H20FN7O5. The molecule has 0 spiro atoms. The lowest BCUT2D eigenvalue weighted by Gasteiger charge is -2.20. The number of halogens is 1. The highest BCUT2D eigenvalue weighted by atomic mass is 19.1. The van der Waals surface area contributed by atoms with Gasteiger partial charge >= 0.3 is 5.97 Å². The van der Waals surface area contributed by atoms with Crippen LogP contribution in [0.15, 0.2) is 21.7 Å². The summed E-state index contributed by atoms with van der Waals surface area (Å²) in [5.41, 5.74) is 4.44. The molecule has 32 heavy (non-hydrogen) atoms. The number of fused-ring (bicyclic) bond motifs is 1. The van der Waals surface area contributed by atoms with Crippen molar-refractivity contribution >= 4 is 28.7 Å². The van der Waals surface area contributed by atoms with Gasteiger partial charge < -0.3 is 21.1 Å². The molecule has 4 rings (SSSR count). The molecule has 0 saturated carbocycles. The van der Waals surface area contributed by atoms with Crippen LogP contribution in [0.3, 0.4) is 0 Å². The minimum absolute atomic E-state index is 0.00161. The first-order chi connectivity index (χ1) is 15.2. The van der Waals surface area contributed by atoms with Crippen LogP contribution in [-0.4, -0.2) is 62.0 Å². The zero-order valence-electron chi connectivity index (χ0n) is 17.2. The summed E-state index contributed by atoms with van der Waals surface area (Å²) in [6.07, 6.45) is 1.61. The number of aryl methyl sites for hydroxylation is 1. The number of nitrogens with zero attached hydrogens (tertiary/aromatic N) is 5. The van der Waals surface area contributed by atoms with Crippen molar-refractivity contribution in [3.8, 4) is 5.82 Å². The number of hydrogen-bond acceptors (Lipinski definition) is 9. The molecule has 168 valence electrons. The monoisotopic (exact) mass is 445 g/mol. The van der Waals surface area contributed by atoms with Crippen molar-refractivity contribution in [2.24, 2.45) is 5.73 Å². The van der Waals surface area contributed by atoms with Crippen molar-refractivity contribution in [2.75, 3.05) is 18.0 Å². The van der Waals surface area contributed by atoms with Crippen LogP contribution in [0.5, 0.6) is 0 Å². The number of rotatable bonds is 5. The topological polar surface area (TPSA) is 169 Å². The summed E-state index contributed by atoms with van der Waals surface area (Å²) in [4.78, 5) is 42.1. The van der Waals surface area contributed by atoms with Gasteiger partial charge in [-0.15, -0.1) is 0 Å². The van der Waals surface area contributed by atoms with Crippen molar-refractivity contribution < 1.29 is 23.7 Å². The number of pyridine rings is 2. The zero-order valence-corrected chi connectivity index (χ0v) is 17.2. The number of carbonyl (C=O) groups excluding carboxylic acids is 1. The molecule has 1 aliphatic heterocycles. The van der Waals surface area contributed by atoms with E-state index in [2.05, 4.69) is 20.6 Å². The number of aromatic nitrogens is 4. The van der Waals surface area contributed by atoms with Gasteiger partial charge in [-0.2, -0.15) is 0 Å². The molecule has 3 aromatic rings. The summed E-state index contributed by atoms with van der Waals surface area (Å²) in [5, 5.41) is 19.4. The molecule has 12 nitrogen and oxygen atoms in total. The Morgan fingerprint density at radius 2 is 2.12 bits per heavy atom. The van der Waals surface area contributed by atoms with E-state index < -0.39 is 28.8 Å². The number of carboxylic acid groups (broad SMARTS) is 1. The first-order valence-corrected chi connectivity index (χ1v) is 9.77. The van der Waals surface area contributed by atoms with E-state index in [9.17, 15) is 19.5 Å². The maximum absolute atomic E-state index is 15.0. The maximum Gasteiger partial charge on any atom is 0.341 e. The Labute approximate surface area is 179 Å². The van der Waals surface area contributed by atoms with Crippen LogP contribution in [0, 0.1) is 12.7 Å². The third-order valence-electron chi connectivity index (χ3n) is 5.25. The lowest BCUT2D eigenvalue weighted by Crippen LogP contribution is -2.45. The molecule has 1 saturated heterocycles. The Kier molecular flexibility index (Phi) is 5.34. The third kappa shape index (κ3) is 3.66. The number of carbonyl (C=O) groups is 2. The van der Waals surface area contributed by atoms with E-state index in [1.807, 2.05) is 0 Å². The van der Waals surface area contributed by atoms with Gasteiger partial charge in [-0.25, -0.2) is 18.8 Å². The summed E-state index contributed by atoms with van der Waals surface area (Å²) in [7, 11) is 0. The van der Waals surface area contributed by atoms with Crippen LogP contribution >= 0.6 is 0 Å². The van der Waals surface area contributed by atoms with E-state index in [1.54, 1.807) is 18.7 Å². The quantitative estimate of drug-likeness (QED) is 0.484. The minimum Gasteiger partial charge on any atom is -0.477 e.